The first-order chi connectivity index (χ1) is 10.5. The molecule has 22 heavy (non-hydrogen) atoms. The average molecular weight is 317 g/mol. The maximum atomic E-state index is 12.7. The number of hydrogen-bond acceptors (Lipinski definition) is 3. The molecular weight excluding hydrogens is 298 g/mol. The standard InChI is InChI=1S/C17H19NO3S/c1-14-5-4-6-15(11-14)13-22(19,20)18-9-10-21-17-8-3-2-7-16(17)12-18/h2-8,11H,9-10,12-13H2,1H3. The molecule has 116 valence electrons. The molecule has 4 nitrogen and oxygen atoms in total. The van der Waals surface area contributed by atoms with E-state index in [1.807, 2.05) is 55.5 Å². The van der Waals surface area contributed by atoms with Crippen molar-refractivity contribution in [3.8, 4) is 5.75 Å². The molecule has 1 heterocycles. The van der Waals surface area contributed by atoms with Crippen molar-refractivity contribution in [2.24, 2.45) is 0 Å². The van der Waals surface area contributed by atoms with E-state index in [1.54, 1.807) is 0 Å². The fourth-order valence-corrected chi connectivity index (χ4v) is 4.11. The monoisotopic (exact) mass is 317 g/mol. The Morgan fingerprint density at radius 3 is 2.77 bits per heavy atom. The van der Waals surface area contributed by atoms with Gasteiger partial charge in [-0.1, -0.05) is 48.0 Å². The van der Waals surface area contributed by atoms with E-state index in [2.05, 4.69) is 0 Å². The minimum Gasteiger partial charge on any atom is -0.492 e. The van der Waals surface area contributed by atoms with E-state index in [0.29, 0.717) is 19.7 Å². The van der Waals surface area contributed by atoms with Crippen LogP contribution in [0, 0.1) is 6.92 Å². The van der Waals surface area contributed by atoms with Gasteiger partial charge in [0.25, 0.3) is 0 Å². The number of fused-ring (bicyclic) bond motifs is 1. The van der Waals surface area contributed by atoms with Crippen molar-refractivity contribution in [2.45, 2.75) is 19.2 Å². The first kappa shape index (κ1) is 15.1. The molecule has 0 atom stereocenters. The number of hydrogen-bond donors (Lipinski definition) is 0. The lowest BCUT2D eigenvalue weighted by Crippen LogP contribution is -2.33. The van der Waals surface area contributed by atoms with Crippen LogP contribution in [0.2, 0.25) is 0 Å². The molecule has 0 fully saturated rings. The lowest BCUT2D eigenvalue weighted by atomic mass is 10.2. The summed E-state index contributed by atoms with van der Waals surface area (Å²) in [5.41, 5.74) is 2.79. The molecule has 1 aliphatic rings. The summed E-state index contributed by atoms with van der Waals surface area (Å²) in [6, 6.07) is 15.2. The fraction of sp³-hybridized carbons (Fsp3) is 0.294. The second-order valence-electron chi connectivity index (χ2n) is 5.54. The van der Waals surface area contributed by atoms with E-state index >= 15 is 0 Å². The van der Waals surface area contributed by atoms with Crippen LogP contribution in [-0.2, 0) is 22.3 Å². The number of rotatable bonds is 3. The van der Waals surface area contributed by atoms with Crippen molar-refractivity contribution < 1.29 is 13.2 Å². The third-order valence-electron chi connectivity index (χ3n) is 3.74. The zero-order valence-electron chi connectivity index (χ0n) is 12.5. The van der Waals surface area contributed by atoms with E-state index in [4.69, 9.17) is 4.74 Å². The molecule has 3 rings (SSSR count). The van der Waals surface area contributed by atoms with Crippen LogP contribution >= 0.6 is 0 Å². The second kappa shape index (κ2) is 6.10. The van der Waals surface area contributed by atoms with Gasteiger partial charge in [-0.3, -0.25) is 0 Å². The maximum Gasteiger partial charge on any atom is 0.218 e. The van der Waals surface area contributed by atoms with Gasteiger partial charge >= 0.3 is 0 Å². The highest BCUT2D eigenvalue weighted by molar-refractivity contribution is 7.88. The highest BCUT2D eigenvalue weighted by atomic mass is 32.2. The van der Waals surface area contributed by atoms with Crippen molar-refractivity contribution in [1.29, 1.82) is 0 Å². The normalized spacial score (nSPS) is 15.7. The largest absolute Gasteiger partial charge is 0.492 e. The Morgan fingerprint density at radius 2 is 1.95 bits per heavy atom. The van der Waals surface area contributed by atoms with Crippen molar-refractivity contribution in [3.63, 3.8) is 0 Å². The van der Waals surface area contributed by atoms with Gasteiger partial charge in [0.15, 0.2) is 0 Å². The molecular formula is C17H19NO3S. The maximum absolute atomic E-state index is 12.7. The summed E-state index contributed by atoms with van der Waals surface area (Å²) in [6.45, 7) is 3.09. The van der Waals surface area contributed by atoms with E-state index in [0.717, 1.165) is 22.4 Å². The molecule has 0 aromatic heterocycles. The number of para-hydroxylation sites is 1. The molecule has 0 radical (unpaired) electrons. The minimum atomic E-state index is -3.37. The Hall–Kier alpha value is -1.85. The van der Waals surface area contributed by atoms with Gasteiger partial charge in [0, 0.05) is 18.7 Å². The molecule has 0 amide bonds. The highest BCUT2D eigenvalue weighted by Gasteiger charge is 2.26. The summed E-state index contributed by atoms with van der Waals surface area (Å²) in [7, 11) is -3.37. The van der Waals surface area contributed by atoms with Gasteiger partial charge in [-0.15, -0.1) is 0 Å². The molecule has 0 N–H and O–H groups in total. The van der Waals surface area contributed by atoms with Crippen molar-refractivity contribution in [2.75, 3.05) is 13.2 Å². The molecule has 0 unspecified atom stereocenters. The molecule has 0 spiro atoms. The smallest absolute Gasteiger partial charge is 0.218 e. The number of aryl methyl sites for hydroxylation is 1. The van der Waals surface area contributed by atoms with Gasteiger partial charge in [-0.2, -0.15) is 4.31 Å². The zero-order chi connectivity index (χ0) is 15.6. The SMILES string of the molecule is Cc1cccc(CS(=O)(=O)N2CCOc3ccccc3C2)c1. The summed E-state index contributed by atoms with van der Waals surface area (Å²) in [6.07, 6.45) is 0. The van der Waals surface area contributed by atoms with Crippen molar-refractivity contribution in [1.82, 2.24) is 4.31 Å². The molecule has 0 bridgehead atoms. The summed E-state index contributed by atoms with van der Waals surface area (Å²) < 4.78 is 32.6. The van der Waals surface area contributed by atoms with Gasteiger partial charge in [0.1, 0.15) is 12.4 Å². The van der Waals surface area contributed by atoms with Gasteiger partial charge < -0.3 is 4.74 Å². The Balaban J connectivity index is 1.83. The molecule has 1 aliphatic heterocycles. The molecule has 0 aliphatic carbocycles. The third kappa shape index (κ3) is 3.31. The van der Waals surface area contributed by atoms with Crippen LogP contribution in [0.5, 0.6) is 5.75 Å². The Bertz CT molecular complexity index is 771. The van der Waals surface area contributed by atoms with E-state index in [9.17, 15) is 8.42 Å². The van der Waals surface area contributed by atoms with Gasteiger partial charge in [-0.05, 0) is 18.6 Å². The predicted molar refractivity (Wildman–Crippen MR) is 86.1 cm³/mol. The molecule has 0 saturated carbocycles. The van der Waals surface area contributed by atoms with Gasteiger partial charge in [-0.25, -0.2) is 8.42 Å². The molecule has 2 aromatic rings. The van der Waals surface area contributed by atoms with Crippen LogP contribution < -0.4 is 4.74 Å². The quantitative estimate of drug-likeness (QED) is 0.874. The first-order valence-electron chi connectivity index (χ1n) is 7.29. The molecule has 0 saturated heterocycles. The molecule has 2 aromatic carbocycles. The summed E-state index contributed by atoms with van der Waals surface area (Å²) in [5, 5.41) is 0. The van der Waals surface area contributed by atoms with E-state index < -0.39 is 10.0 Å². The predicted octanol–water partition coefficient (Wildman–Crippen LogP) is 2.72. The number of sulfonamides is 1. The topological polar surface area (TPSA) is 46.6 Å². The summed E-state index contributed by atoms with van der Waals surface area (Å²) >= 11 is 0. The van der Waals surface area contributed by atoms with E-state index in [-0.39, 0.29) is 5.75 Å². The fourth-order valence-electron chi connectivity index (χ4n) is 2.64. The van der Waals surface area contributed by atoms with Gasteiger partial charge in [0.2, 0.25) is 10.0 Å². The first-order valence-corrected chi connectivity index (χ1v) is 8.89. The van der Waals surface area contributed by atoms with Crippen molar-refractivity contribution in [3.05, 3.63) is 65.2 Å². The van der Waals surface area contributed by atoms with Crippen LogP contribution in [0.25, 0.3) is 0 Å². The zero-order valence-corrected chi connectivity index (χ0v) is 13.3. The van der Waals surface area contributed by atoms with E-state index in [1.165, 1.54) is 4.31 Å². The van der Waals surface area contributed by atoms with Crippen LogP contribution in [0.3, 0.4) is 0 Å². The summed E-state index contributed by atoms with van der Waals surface area (Å²) in [5.74, 6) is 0.798. The lowest BCUT2D eigenvalue weighted by molar-refractivity contribution is 0.293. The van der Waals surface area contributed by atoms with Crippen LogP contribution in [-0.4, -0.2) is 25.9 Å². The third-order valence-corrected chi connectivity index (χ3v) is 5.54. The Morgan fingerprint density at radius 1 is 1.14 bits per heavy atom. The minimum absolute atomic E-state index is 0.0246. The van der Waals surface area contributed by atoms with Crippen LogP contribution in [0.1, 0.15) is 16.7 Å². The number of nitrogens with zero attached hydrogens (tertiary/aromatic N) is 1. The molecule has 5 heteroatoms. The van der Waals surface area contributed by atoms with Gasteiger partial charge in [0.05, 0.1) is 5.75 Å². The summed E-state index contributed by atoms with van der Waals surface area (Å²) in [4.78, 5) is 0. The highest BCUT2D eigenvalue weighted by Crippen LogP contribution is 2.25. The van der Waals surface area contributed by atoms with Crippen molar-refractivity contribution >= 4 is 10.0 Å². The van der Waals surface area contributed by atoms with Crippen LogP contribution in [0.4, 0.5) is 0 Å². The Labute approximate surface area is 131 Å². The van der Waals surface area contributed by atoms with Crippen LogP contribution in [0.15, 0.2) is 48.5 Å². The number of ether oxygens (including phenoxy) is 1. The number of benzene rings is 2. The average Bonchev–Trinajstić information content (AvgIpc) is 2.69. The Kier molecular flexibility index (Phi) is 4.18. The second-order valence-corrected chi connectivity index (χ2v) is 7.50. The lowest BCUT2D eigenvalue weighted by Gasteiger charge is -2.19.